The maximum Gasteiger partial charge on any atom is 0.276 e. The number of hydrogen-bond acceptors (Lipinski definition) is 2. The van der Waals surface area contributed by atoms with Gasteiger partial charge >= 0.3 is 0 Å². The van der Waals surface area contributed by atoms with Crippen molar-refractivity contribution in [1.29, 1.82) is 0 Å². The zero-order chi connectivity index (χ0) is 13.2. The van der Waals surface area contributed by atoms with Crippen molar-refractivity contribution in [2.24, 2.45) is 0 Å². The van der Waals surface area contributed by atoms with Crippen molar-refractivity contribution in [2.45, 2.75) is 20.3 Å². The molecule has 1 heterocycles. The molecule has 1 aromatic heterocycles. The molecule has 0 bridgehead atoms. The number of benzene rings is 1. The number of rotatable bonds is 3. The van der Waals surface area contributed by atoms with Crippen LogP contribution in [0.5, 0.6) is 5.75 Å². The van der Waals surface area contributed by atoms with Gasteiger partial charge in [0.05, 0.1) is 5.52 Å². The second kappa shape index (κ2) is 8.08. The number of pyridine rings is 1. The molecule has 2 rings (SSSR count). The summed E-state index contributed by atoms with van der Waals surface area (Å²) in [7, 11) is 1.71. The average Bonchev–Trinajstić information content (AvgIpc) is 2.46. The van der Waals surface area contributed by atoms with E-state index in [9.17, 15) is 0 Å². The van der Waals surface area contributed by atoms with Crippen LogP contribution in [0.1, 0.15) is 20.3 Å². The van der Waals surface area contributed by atoms with Crippen LogP contribution < -0.4 is 4.74 Å². The first-order chi connectivity index (χ1) is 8.90. The molecule has 94 valence electrons. The minimum Gasteiger partial charge on any atom is -0.492 e. The van der Waals surface area contributed by atoms with Crippen molar-refractivity contribution in [2.75, 3.05) is 13.7 Å². The van der Waals surface area contributed by atoms with Crippen molar-refractivity contribution in [1.82, 2.24) is 4.98 Å². The maximum absolute atomic E-state index is 5.57. The van der Waals surface area contributed by atoms with Crippen LogP contribution in [-0.4, -0.2) is 18.6 Å². The Morgan fingerprint density at radius 2 is 2.11 bits per heavy atom. The highest BCUT2D eigenvalue weighted by molar-refractivity contribution is 5.79. The Kier molecular flexibility index (Phi) is 6.27. The molecular formula is C15H19N2O+. The molecule has 0 aliphatic carbocycles. The summed E-state index contributed by atoms with van der Waals surface area (Å²) in [5, 5.41) is 1.09. The summed E-state index contributed by atoms with van der Waals surface area (Å²) in [5.41, 5.74) is 0.983. The topological polar surface area (TPSA) is 26.5 Å². The standard InChI is InChI=1S/C13H13N2O.C2H6/c1-14-7-3-9-16-12-5-6-13-11(10-12)4-2-8-15-13;1-2/h2,4-6,8,10H,3,9H2,1H3;1-2H3/q+1;. The fourth-order valence-corrected chi connectivity index (χ4v) is 1.47. The third kappa shape index (κ3) is 4.06. The summed E-state index contributed by atoms with van der Waals surface area (Å²) in [6.45, 7) is 4.60. The molecule has 0 atom stereocenters. The number of ether oxygens (including phenoxy) is 1. The second-order valence-electron chi connectivity index (χ2n) is 3.34. The Bertz CT molecular complexity index is 541. The Morgan fingerprint density at radius 3 is 2.89 bits per heavy atom. The van der Waals surface area contributed by atoms with Gasteiger partial charge in [0.15, 0.2) is 0 Å². The Hall–Kier alpha value is -2.08. The first-order valence-electron chi connectivity index (χ1n) is 6.19. The fraction of sp³-hybridized carbons (Fsp3) is 0.333. The van der Waals surface area contributed by atoms with E-state index in [1.807, 2.05) is 44.2 Å². The Balaban J connectivity index is 0.000000771. The van der Waals surface area contributed by atoms with Crippen LogP contribution in [0.3, 0.4) is 0 Å². The molecule has 0 aliphatic rings. The molecule has 2 aromatic rings. The minimum absolute atomic E-state index is 0.600. The molecule has 0 amide bonds. The van der Waals surface area contributed by atoms with Gasteiger partial charge in [-0.15, -0.1) is 0 Å². The summed E-state index contributed by atoms with van der Waals surface area (Å²) in [5.74, 6) is 0.860. The van der Waals surface area contributed by atoms with Crippen LogP contribution in [0.25, 0.3) is 15.7 Å². The highest BCUT2D eigenvalue weighted by Gasteiger charge is 1.97. The second-order valence-corrected chi connectivity index (χ2v) is 3.34. The zero-order valence-corrected chi connectivity index (χ0v) is 11.2. The molecule has 0 fully saturated rings. The quantitative estimate of drug-likeness (QED) is 0.762. The molecular weight excluding hydrogens is 224 g/mol. The molecule has 0 unspecified atom stereocenters. The molecule has 0 saturated heterocycles. The summed E-state index contributed by atoms with van der Waals surface area (Å²) in [6.07, 6.45) is 2.50. The van der Waals surface area contributed by atoms with Gasteiger partial charge in [0.2, 0.25) is 0 Å². The summed E-state index contributed by atoms with van der Waals surface area (Å²) >= 11 is 0. The van der Waals surface area contributed by atoms with Crippen LogP contribution in [-0.2, 0) is 0 Å². The fourth-order valence-electron chi connectivity index (χ4n) is 1.47. The van der Waals surface area contributed by atoms with E-state index < -0.39 is 0 Å². The third-order valence-electron chi connectivity index (χ3n) is 2.22. The van der Waals surface area contributed by atoms with Gasteiger partial charge < -0.3 is 4.74 Å². The first kappa shape index (κ1) is 14.0. The molecule has 1 aromatic carbocycles. The van der Waals surface area contributed by atoms with E-state index in [-0.39, 0.29) is 0 Å². The Morgan fingerprint density at radius 1 is 1.28 bits per heavy atom. The largest absolute Gasteiger partial charge is 0.492 e. The van der Waals surface area contributed by atoms with E-state index in [1.54, 1.807) is 13.2 Å². The van der Waals surface area contributed by atoms with Gasteiger partial charge in [0.1, 0.15) is 18.8 Å². The lowest BCUT2D eigenvalue weighted by molar-refractivity contribution is 0.327. The molecule has 18 heavy (non-hydrogen) atoms. The lowest BCUT2D eigenvalue weighted by Crippen LogP contribution is -1.95. The lowest BCUT2D eigenvalue weighted by Gasteiger charge is -2.03. The predicted octanol–water partition coefficient (Wildman–Crippen LogP) is 3.99. The van der Waals surface area contributed by atoms with E-state index in [0.717, 1.165) is 16.7 Å². The van der Waals surface area contributed by atoms with Gasteiger partial charge in [0, 0.05) is 11.6 Å². The van der Waals surface area contributed by atoms with E-state index >= 15 is 0 Å². The Labute approximate surface area is 108 Å². The van der Waals surface area contributed by atoms with Gasteiger partial charge in [-0.3, -0.25) is 4.98 Å². The zero-order valence-electron chi connectivity index (χ0n) is 11.2. The van der Waals surface area contributed by atoms with E-state index in [0.29, 0.717) is 13.0 Å². The van der Waals surface area contributed by atoms with Crippen molar-refractivity contribution in [3.05, 3.63) is 41.4 Å². The van der Waals surface area contributed by atoms with Gasteiger partial charge in [0.25, 0.3) is 13.1 Å². The molecule has 0 spiro atoms. The van der Waals surface area contributed by atoms with Crippen LogP contribution >= 0.6 is 0 Å². The van der Waals surface area contributed by atoms with Crippen molar-refractivity contribution in [3.63, 3.8) is 0 Å². The SMILES string of the molecule is CC.C[N+]#CCCOc1ccc2ncccc2c1. The number of hydrogen-bond donors (Lipinski definition) is 0. The third-order valence-corrected chi connectivity index (χ3v) is 2.22. The summed E-state index contributed by atoms with van der Waals surface area (Å²) < 4.78 is 5.57. The summed E-state index contributed by atoms with van der Waals surface area (Å²) in [6, 6.07) is 12.7. The van der Waals surface area contributed by atoms with Gasteiger partial charge in [-0.2, -0.15) is 0 Å². The smallest absolute Gasteiger partial charge is 0.276 e. The number of nitrogens with zero attached hydrogens (tertiary/aromatic N) is 2. The molecule has 3 heteroatoms. The highest BCUT2D eigenvalue weighted by Crippen LogP contribution is 2.18. The van der Waals surface area contributed by atoms with E-state index in [1.165, 1.54) is 0 Å². The normalized spacial score (nSPS) is 8.83. The average molecular weight is 243 g/mol. The van der Waals surface area contributed by atoms with Gasteiger partial charge in [-0.05, 0) is 24.3 Å². The van der Waals surface area contributed by atoms with Crippen LogP contribution in [0.15, 0.2) is 36.5 Å². The molecule has 0 saturated carbocycles. The molecule has 3 nitrogen and oxygen atoms in total. The highest BCUT2D eigenvalue weighted by atomic mass is 16.5. The first-order valence-corrected chi connectivity index (χ1v) is 6.19. The van der Waals surface area contributed by atoms with Crippen molar-refractivity contribution < 1.29 is 4.74 Å². The van der Waals surface area contributed by atoms with Crippen LogP contribution in [0.4, 0.5) is 0 Å². The number of aromatic nitrogens is 1. The predicted molar refractivity (Wildman–Crippen MR) is 76.4 cm³/mol. The monoisotopic (exact) mass is 243 g/mol. The van der Waals surface area contributed by atoms with Gasteiger partial charge in [-0.1, -0.05) is 24.8 Å². The molecule has 0 radical (unpaired) electrons. The lowest BCUT2D eigenvalue weighted by atomic mass is 10.2. The molecule has 0 aliphatic heterocycles. The van der Waals surface area contributed by atoms with Crippen molar-refractivity contribution >= 4 is 10.9 Å². The van der Waals surface area contributed by atoms with E-state index in [4.69, 9.17) is 4.74 Å². The van der Waals surface area contributed by atoms with Gasteiger partial charge in [-0.25, -0.2) is 0 Å². The van der Waals surface area contributed by atoms with Crippen molar-refractivity contribution in [3.8, 4) is 11.8 Å². The number of fused-ring (bicyclic) bond motifs is 1. The van der Waals surface area contributed by atoms with E-state index in [2.05, 4.69) is 15.9 Å². The maximum atomic E-state index is 5.57. The van der Waals surface area contributed by atoms with Crippen LogP contribution in [0, 0.1) is 6.07 Å². The summed E-state index contributed by atoms with van der Waals surface area (Å²) in [4.78, 5) is 8.03. The van der Waals surface area contributed by atoms with Crippen LogP contribution in [0.2, 0.25) is 0 Å². The molecule has 0 N–H and O–H groups in total. The minimum atomic E-state index is 0.600.